The number of nitrogens with zero attached hydrogens (tertiary/aromatic N) is 1. The standard InChI is InChI=1S/C8H5NOS/c9-4-1-2-7-3-5-11-8(7)6-10/h1-3,5-6H. The molecule has 0 aliphatic carbocycles. The molecular weight excluding hydrogens is 158 g/mol. The van der Waals surface area contributed by atoms with Crippen molar-refractivity contribution in [3.05, 3.63) is 28.0 Å². The summed E-state index contributed by atoms with van der Waals surface area (Å²) in [6.45, 7) is 0. The monoisotopic (exact) mass is 163 g/mol. The van der Waals surface area contributed by atoms with Crippen LogP contribution >= 0.6 is 11.3 Å². The molecule has 0 radical (unpaired) electrons. The Balaban J connectivity index is 2.95. The van der Waals surface area contributed by atoms with E-state index in [-0.39, 0.29) is 0 Å². The second-order valence-electron chi connectivity index (χ2n) is 1.82. The Bertz CT molecular complexity index is 319. The van der Waals surface area contributed by atoms with Gasteiger partial charge in [-0.2, -0.15) is 5.26 Å². The third-order valence-corrected chi connectivity index (χ3v) is 2.03. The zero-order valence-corrected chi connectivity index (χ0v) is 6.47. The summed E-state index contributed by atoms with van der Waals surface area (Å²) in [7, 11) is 0. The third kappa shape index (κ3) is 1.76. The predicted molar refractivity (Wildman–Crippen MR) is 44.4 cm³/mol. The molecule has 0 bridgehead atoms. The molecule has 0 spiro atoms. The van der Waals surface area contributed by atoms with Crippen molar-refractivity contribution in [1.82, 2.24) is 0 Å². The zero-order chi connectivity index (χ0) is 8.10. The predicted octanol–water partition coefficient (Wildman–Crippen LogP) is 2.10. The second kappa shape index (κ2) is 3.69. The van der Waals surface area contributed by atoms with Crippen LogP contribution < -0.4 is 0 Å². The number of carbonyl (C=O) groups excluding carboxylic acids is 1. The fourth-order valence-corrected chi connectivity index (χ4v) is 1.38. The first-order chi connectivity index (χ1) is 5.38. The van der Waals surface area contributed by atoms with E-state index < -0.39 is 0 Å². The van der Waals surface area contributed by atoms with Crippen molar-refractivity contribution in [2.75, 3.05) is 0 Å². The van der Waals surface area contributed by atoms with Crippen LogP contribution in [-0.2, 0) is 0 Å². The molecule has 1 heterocycles. The number of nitriles is 1. The van der Waals surface area contributed by atoms with Crippen molar-refractivity contribution < 1.29 is 4.79 Å². The molecule has 1 aromatic rings. The van der Waals surface area contributed by atoms with Gasteiger partial charge in [-0.05, 0) is 23.1 Å². The second-order valence-corrected chi connectivity index (χ2v) is 2.77. The highest BCUT2D eigenvalue weighted by molar-refractivity contribution is 7.11. The molecule has 0 saturated heterocycles. The Labute approximate surface area is 68.4 Å². The van der Waals surface area contributed by atoms with Crippen LogP contribution in [0.15, 0.2) is 17.5 Å². The van der Waals surface area contributed by atoms with Gasteiger partial charge >= 0.3 is 0 Å². The summed E-state index contributed by atoms with van der Waals surface area (Å²) >= 11 is 1.37. The quantitative estimate of drug-likeness (QED) is 0.494. The third-order valence-electron chi connectivity index (χ3n) is 1.17. The Morgan fingerprint density at radius 1 is 1.64 bits per heavy atom. The minimum Gasteiger partial charge on any atom is -0.297 e. The van der Waals surface area contributed by atoms with Crippen LogP contribution in [0, 0.1) is 11.3 Å². The molecular formula is C8H5NOS. The highest BCUT2D eigenvalue weighted by Gasteiger charge is 1.97. The van der Waals surface area contributed by atoms with Crippen molar-refractivity contribution >= 4 is 23.7 Å². The first-order valence-corrected chi connectivity index (χ1v) is 3.85. The number of hydrogen-bond acceptors (Lipinski definition) is 3. The number of carbonyl (C=O) groups is 1. The van der Waals surface area contributed by atoms with Crippen molar-refractivity contribution in [3.63, 3.8) is 0 Å². The molecule has 11 heavy (non-hydrogen) atoms. The van der Waals surface area contributed by atoms with E-state index in [4.69, 9.17) is 5.26 Å². The van der Waals surface area contributed by atoms with E-state index in [1.807, 2.05) is 17.5 Å². The highest BCUT2D eigenvalue weighted by atomic mass is 32.1. The largest absolute Gasteiger partial charge is 0.297 e. The van der Waals surface area contributed by atoms with Crippen LogP contribution in [0.2, 0.25) is 0 Å². The van der Waals surface area contributed by atoms with Gasteiger partial charge in [0.05, 0.1) is 10.9 Å². The van der Waals surface area contributed by atoms with Gasteiger partial charge in [-0.25, -0.2) is 0 Å². The number of hydrogen-bond donors (Lipinski definition) is 0. The number of rotatable bonds is 2. The SMILES string of the molecule is N#CC=Cc1ccsc1C=O. The lowest BCUT2D eigenvalue weighted by molar-refractivity contribution is 0.112. The van der Waals surface area contributed by atoms with E-state index >= 15 is 0 Å². The molecule has 0 fully saturated rings. The van der Waals surface area contributed by atoms with Crippen LogP contribution in [0.5, 0.6) is 0 Å². The Morgan fingerprint density at radius 3 is 3.09 bits per heavy atom. The summed E-state index contributed by atoms with van der Waals surface area (Å²) in [6, 6.07) is 3.67. The van der Waals surface area contributed by atoms with E-state index in [1.54, 1.807) is 6.08 Å². The molecule has 0 aliphatic heterocycles. The molecule has 54 valence electrons. The van der Waals surface area contributed by atoms with Gasteiger partial charge in [-0.3, -0.25) is 4.79 Å². The van der Waals surface area contributed by atoms with Crippen molar-refractivity contribution in [2.24, 2.45) is 0 Å². The summed E-state index contributed by atoms with van der Waals surface area (Å²) in [5, 5.41) is 10.0. The van der Waals surface area contributed by atoms with Gasteiger partial charge in [0.2, 0.25) is 0 Å². The normalized spacial score (nSPS) is 9.73. The summed E-state index contributed by atoms with van der Waals surface area (Å²) in [6.07, 6.45) is 3.77. The van der Waals surface area contributed by atoms with E-state index in [1.165, 1.54) is 17.4 Å². The van der Waals surface area contributed by atoms with E-state index in [2.05, 4.69) is 0 Å². The maximum absolute atomic E-state index is 10.3. The average Bonchev–Trinajstić information content (AvgIpc) is 2.47. The Morgan fingerprint density at radius 2 is 2.45 bits per heavy atom. The number of allylic oxidation sites excluding steroid dienone is 1. The van der Waals surface area contributed by atoms with Crippen molar-refractivity contribution in [1.29, 1.82) is 5.26 Å². The minimum absolute atomic E-state index is 0.663. The smallest absolute Gasteiger partial charge is 0.160 e. The van der Waals surface area contributed by atoms with Gasteiger partial charge in [-0.15, -0.1) is 11.3 Å². The molecule has 0 N–H and O–H groups in total. The van der Waals surface area contributed by atoms with Gasteiger partial charge in [0.1, 0.15) is 0 Å². The van der Waals surface area contributed by atoms with Crippen LogP contribution in [0.3, 0.4) is 0 Å². The zero-order valence-electron chi connectivity index (χ0n) is 5.65. The summed E-state index contributed by atoms with van der Waals surface area (Å²) in [5.41, 5.74) is 0.812. The van der Waals surface area contributed by atoms with Gasteiger partial charge in [-0.1, -0.05) is 0 Å². The topological polar surface area (TPSA) is 40.9 Å². The lowest BCUT2D eigenvalue weighted by Gasteiger charge is -1.83. The van der Waals surface area contributed by atoms with Crippen LogP contribution in [0.4, 0.5) is 0 Å². The molecule has 0 amide bonds. The number of aldehydes is 1. The van der Waals surface area contributed by atoms with Gasteiger partial charge in [0.15, 0.2) is 6.29 Å². The average molecular weight is 163 g/mol. The van der Waals surface area contributed by atoms with Crippen molar-refractivity contribution in [2.45, 2.75) is 0 Å². The summed E-state index contributed by atoms with van der Waals surface area (Å²) in [4.78, 5) is 11.0. The molecule has 3 heteroatoms. The fraction of sp³-hybridized carbons (Fsp3) is 0. The molecule has 0 unspecified atom stereocenters. The summed E-state index contributed by atoms with van der Waals surface area (Å²) < 4.78 is 0. The molecule has 1 rings (SSSR count). The molecule has 0 aromatic carbocycles. The maximum atomic E-state index is 10.3. The van der Waals surface area contributed by atoms with Gasteiger partial charge in [0.25, 0.3) is 0 Å². The van der Waals surface area contributed by atoms with E-state index in [0.29, 0.717) is 4.88 Å². The molecule has 0 aliphatic rings. The maximum Gasteiger partial charge on any atom is 0.160 e. The van der Waals surface area contributed by atoms with Crippen LogP contribution in [-0.4, -0.2) is 6.29 Å². The minimum atomic E-state index is 0.663. The van der Waals surface area contributed by atoms with Crippen molar-refractivity contribution in [3.8, 4) is 6.07 Å². The molecule has 1 aromatic heterocycles. The lowest BCUT2D eigenvalue weighted by Crippen LogP contribution is -1.73. The highest BCUT2D eigenvalue weighted by Crippen LogP contribution is 2.15. The summed E-state index contributed by atoms with van der Waals surface area (Å²) in [5.74, 6) is 0. The lowest BCUT2D eigenvalue weighted by atomic mass is 10.2. The Kier molecular flexibility index (Phi) is 2.59. The first-order valence-electron chi connectivity index (χ1n) is 2.97. The Hall–Kier alpha value is -1.40. The van der Waals surface area contributed by atoms with Crippen LogP contribution in [0.1, 0.15) is 15.2 Å². The van der Waals surface area contributed by atoms with Gasteiger partial charge in [0, 0.05) is 6.08 Å². The molecule has 0 atom stereocenters. The molecule has 0 saturated carbocycles. The van der Waals surface area contributed by atoms with Crippen LogP contribution in [0.25, 0.3) is 6.08 Å². The van der Waals surface area contributed by atoms with Gasteiger partial charge < -0.3 is 0 Å². The fourth-order valence-electron chi connectivity index (χ4n) is 0.691. The number of thiophene rings is 1. The molecule has 2 nitrogen and oxygen atoms in total. The van der Waals surface area contributed by atoms with E-state index in [0.717, 1.165) is 11.8 Å². The van der Waals surface area contributed by atoms with E-state index in [9.17, 15) is 4.79 Å². The first kappa shape index (κ1) is 7.70.